The lowest BCUT2D eigenvalue weighted by molar-refractivity contribution is 0.363. The maximum atomic E-state index is 8.88. The summed E-state index contributed by atoms with van der Waals surface area (Å²) < 4.78 is 2.02. The zero-order chi connectivity index (χ0) is 13.0. The Morgan fingerprint density at radius 1 is 1.39 bits per heavy atom. The van der Waals surface area contributed by atoms with Crippen LogP contribution in [0.4, 0.5) is 0 Å². The molecule has 1 aromatic rings. The molecule has 0 N–H and O–H groups in total. The summed E-state index contributed by atoms with van der Waals surface area (Å²) in [5.74, 6) is 0.561. The van der Waals surface area contributed by atoms with Crippen LogP contribution in [-0.2, 0) is 13.0 Å². The maximum Gasteiger partial charge on any atom is 0.100 e. The summed E-state index contributed by atoms with van der Waals surface area (Å²) in [7, 11) is 4.12. The fourth-order valence-corrected chi connectivity index (χ4v) is 2.66. The van der Waals surface area contributed by atoms with Gasteiger partial charge in [-0.05, 0) is 26.9 Å². The third kappa shape index (κ3) is 2.88. The summed E-state index contributed by atoms with van der Waals surface area (Å²) in [6.07, 6.45) is 5.39. The monoisotopic (exact) mass is 247 g/mol. The Bertz CT molecular complexity index is 423. The smallest absolute Gasteiger partial charge is 0.100 e. The van der Waals surface area contributed by atoms with Gasteiger partial charge < -0.3 is 4.90 Å². The first-order valence-electron chi connectivity index (χ1n) is 6.66. The quantitative estimate of drug-likeness (QED) is 0.792. The summed E-state index contributed by atoms with van der Waals surface area (Å²) in [5.41, 5.74) is 2.11. The molecule has 5 heteroatoms. The first kappa shape index (κ1) is 13.0. The van der Waals surface area contributed by atoms with Crippen LogP contribution in [0.1, 0.15) is 43.0 Å². The highest BCUT2D eigenvalue weighted by molar-refractivity contribution is 5.20. The van der Waals surface area contributed by atoms with Crippen molar-refractivity contribution in [2.24, 2.45) is 0 Å². The van der Waals surface area contributed by atoms with E-state index in [9.17, 15) is 0 Å². The number of nitrogens with zero attached hydrogens (tertiary/aromatic N) is 5. The van der Waals surface area contributed by atoms with E-state index < -0.39 is 0 Å². The first-order chi connectivity index (χ1) is 8.72. The first-order valence-corrected chi connectivity index (χ1v) is 6.66. The highest BCUT2D eigenvalue weighted by Crippen LogP contribution is 2.35. The van der Waals surface area contributed by atoms with Crippen molar-refractivity contribution in [3.8, 4) is 6.07 Å². The standard InChI is InChI=1S/C13H21N5/c1-17(2)9-10-18-13(11-5-3-4-6-11)12(7-8-14)15-16-18/h11H,3-7,9-10H2,1-2H3. The van der Waals surface area contributed by atoms with Gasteiger partial charge in [0.05, 0.1) is 24.7 Å². The Kier molecular flexibility index (Phi) is 4.32. The van der Waals surface area contributed by atoms with E-state index in [4.69, 9.17) is 5.26 Å². The van der Waals surface area contributed by atoms with E-state index >= 15 is 0 Å². The topological polar surface area (TPSA) is 57.7 Å². The fraction of sp³-hybridized carbons (Fsp3) is 0.769. The fourth-order valence-electron chi connectivity index (χ4n) is 2.66. The summed E-state index contributed by atoms with van der Waals surface area (Å²) in [6.45, 7) is 1.81. The van der Waals surface area contributed by atoms with Gasteiger partial charge in [-0.1, -0.05) is 18.1 Å². The molecule has 0 radical (unpaired) electrons. The average molecular weight is 247 g/mol. The molecule has 0 amide bonds. The van der Waals surface area contributed by atoms with Crippen molar-refractivity contribution < 1.29 is 0 Å². The molecule has 5 nitrogen and oxygen atoms in total. The molecule has 1 fully saturated rings. The van der Waals surface area contributed by atoms with Crippen molar-refractivity contribution in [1.82, 2.24) is 19.9 Å². The average Bonchev–Trinajstić information content (AvgIpc) is 2.95. The van der Waals surface area contributed by atoms with Crippen LogP contribution in [0.2, 0.25) is 0 Å². The second-order valence-corrected chi connectivity index (χ2v) is 5.26. The van der Waals surface area contributed by atoms with Crippen LogP contribution in [0.3, 0.4) is 0 Å². The van der Waals surface area contributed by atoms with Crippen molar-refractivity contribution in [1.29, 1.82) is 5.26 Å². The zero-order valence-electron chi connectivity index (χ0n) is 11.3. The molecule has 0 aliphatic heterocycles. The van der Waals surface area contributed by atoms with Crippen LogP contribution in [0.5, 0.6) is 0 Å². The van der Waals surface area contributed by atoms with Gasteiger partial charge >= 0.3 is 0 Å². The predicted octanol–water partition coefficient (Wildman–Crippen LogP) is 1.56. The van der Waals surface area contributed by atoms with Gasteiger partial charge in [-0.25, -0.2) is 4.68 Å². The number of hydrogen-bond acceptors (Lipinski definition) is 4. The van der Waals surface area contributed by atoms with E-state index in [1.54, 1.807) is 0 Å². The predicted molar refractivity (Wildman–Crippen MR) is 69.1 cm³/mol. The van der Waals surface area contributed by atoms with E-state index in [1.807, 2.05) is 4.68 Å². The largest absolute Gasteiger partial charge is 0.308 e. The maximum absolute atomic E-state index is 8.88. The van der Waals surface area contributed by atoms with Crippen molar-refractivity contribution in [2.75, 3.05) is 20.6 Å². The molecule has 2 rings (SSSR count). The van der Waals surface area contributed by atoms with Gasteiger partial charge in [0, 0.05) is 12.5 Å². The summed E-state index contributed by atoms with van der Waals surface area (Å²) in [4.78, 5) is 2.14. The van der Waals surface area contributed by atoms with Crippen molar-refractivity contribution in [3.63, 3.8) is 0 Å². The number of rotatable bonds is 5. The van der Waals surface area contributed by atoms with Gasteiger partial charge in [0.25, 0.3) is 0 Å². The Labute approximate surface area is 108 Å². The molecular weight excluding hydrogens is 226 g/mol. The third-order valence-electron chi connectivity index (χ3n) is 3.59. The third-order valence-corrected chi connectivity index (χ3v) is 3.59. The van der Waals surface area contributed by atoms with Crippen LogP contribution in [0.25, 0.3) is 0 Å². The number of aromatic nitrogens is 3. The van der Waals surface area contributed by atoms with E-state index in [2.05, 4.69) is 35.4 Å². The van der Waals surface area contributed by atoms with Gasteiger partial charge in [0.1, 0.15) is 5.69 Å². The lowest BCUT2D eigenvalue weighted by atomic mass is 10.0. The molecule has 1 aromatic heterocycles. The molecular formula is C13H21N5. The molecule has 1 aliphatic rings. The normalized spacial score (nSPS) is 16.3. The molecule has 1 aliphatic carbocycles. The highest BCUT2D eigenvalue weighted by Gasteiger charge is 2.25. The molecule has 18 heavy (non-hydrogen) atoms. The number of hydrogen-bond donors (Lipinski definition) is 0. The molecule has 0 bridgehead atoms. The summed E-state index contributed by atoms with van der Waals surface area (Å²) in [5, 5.41) is 17.3. The van der Waals surface area contributed by atoms with Gasteiger partial charge in [0.15, 0.2) is 0 Å². The lowest BCUT2D eigenvalue weighted by Crippen LogP contribution is -2.21. The van der Waals surface area contributed by atoms with Gasteiger partial charge in [-0.3, -0.25) is 0 Å². The molecule has 0 saturated heterocycles. The molecule has 1 saturated carbocycles. The zero-order valence-corrected chi connectivity index (χ0v) is 11.3. The minimum absolute atomic E-state index is 0.383. The minimum Gasteiger partial charge on any atom is -0.308 e. The SMILES string of the molecule is CN(C)CCn1nnc(CC#N)c1C1CCCC1. The van der Waals surface area contributed by atoms with Crippen LogP contribution >= 0.6 is 0 Å². The Balaban J connectivity index is 2.20. The van der Waals surface area contributed by atoms with Crippen LogP contribution in [-0.4, -0.2) is 40.5 Å². The highest BCUT2D eigenvalue weighted by atomic mass is 15.4. The van der Waals surface area contributed by atoms with Crippen LogP contribution in [0.15, 0.2) is 0 Å². The molecule has 1 heterocycles. The number of nitriles is 1. The van der Waals surface area contributed by atoms with E-state index in [0.717, 1.165) is 18.8 Å². The molecule has 98 valence electrons. The van der Waals surface area contributed by atoms with Crippen LogP contribution in [0, 0.1) is 11.3 Å². The van der Waals surface area contributed by atoms with Gasteiger partial charge in [0.2, 0.25) is 0 Å². The van der Waals surface area contributed by atoms with Crippen molar-refractivity contribution >= 4 is 0 Å². The summed E-state index contributed by atoms with van der Waals surface area (Å²) in [6, 6.07) is 2.20. The lowest BCUT2D eigenvalue weighted by Gasteiger charge is -2.15. The minimum atomic E-state index is 0.383. The Morgan fingerprint density at radius 3 is 2.72 bits per heavy atom. The van der Waals surface area contributed by atoms with E-state index in [0.29, 0.717) is 12.3 Å². The second kappa shape index (κ2) is 5.96. The second-order valence-electron chi connectivity index (χ2n) is 5.26. The number of likely N-dealkylation sites (N-methyl/N-ethyl adjacent to an activating group) is 1. The molecule has 0 spiro atoms. The Hall–Kier alpha value is -1.41. The van der Waals surface area contributed by atoms with Crippen LogP contribution < -0.4 is 0 Å². The van der Waals surface area contributed by atoms with Crippen molar-refractivity contribution in [3.05, 3.63) is 11.4 Å². The van der Waals surface area contributed by atoms with E-state index in [1.165, 1.54) is 31.4 Å². The van der Waals surface area contributed by atoms with E-state index in [-0.39, 0.29) is 0 Å². The van der Waals surface area contributed by atoms with Gasteiger partial charge in [-0.15, -0.1) is 5.10 Å². The molecule has 0 atom stereocenters. The Morgan fingerprint density at radius 2 is 2.11 bits per heavy atom. The van der Waals surface area contributed by atoms with Crippen molar-refractivity contribution in [2.45, 2.75) is 44.6 Å². The molecule has 0 aromatic carbocycles. The van der Waals surface area contributed by atoms with Gasteiger partial charge in [-0.2, -0.15) is 5.26 Å². The summed E-state index contributed by atoms with van der Waals surface area (Å²) >= 11 is 0. The molecule has 0 unspecified atom stereocenters.